The van der Waals surface area contributed by atoms with Gasteiger partial charge in [-0.3, -0.25) is 4.98 Å². The van der Waals surface area contributed by atoms with Gasteiger partial charge >= 0.3 is 0 Å². The third-order valence-corrected chi connectivity index (χ3v) is 3.35. The van der Waals surface area contributed by atoms with Gasteiger partial charge in [-0.05, 0) is 45.3 Å². The van der Waals surface area contributed by atoms with Crippen molar-refractivity contribution in [3.05, 3.63) is 12.4 Å². The van der Waals surface area contributed by atoms with Crippen LogP contribution in [0.4, 0.5) is 11.6 Å². The number of anilines is 2. The molecule has 0 bridgehead atoms. The Morgan fingerprint density at radius 3 is 2.47 bits per heavy atom. The zero-order chi connectivity index (χ0) is 13.3. The molecule has 5 heteroatoms. The third-order valence-electron chi connectivity index (χ3n) is 3.35. The normalized spacial score (nSPS) is 15.6. The molecule has 0 saturated carbocycles. The number of aromatic nitrogens is 2. The lowest BCUT2D eigenvalue weighted by atomic mass is 10.4. The van der Waals surface area contributed by atoms with Gasteiger partial charge in [-0.25, -0.2) is 4.98 Å². The molecule has 2 N–H and O–H groups in total. The summed E-state index contributed by atoms with van der Waals surface area (Å²) in [5.41, 5.74) is 0. The smallest absolute Gasteiger partial charge is 0.146 e. The lowest BCUT2D eigenvalue weighted by Crippen LogP contribution is -2.22. The van der Waals surface area contributed by atoms with Crippen molar-refractivity contribution in [1.82, 2.24) is 14.9 Å². The van der Waals surface area contributed by atoms with Gasteiger partial charge < -0.3 is 15.5 Å². The van der Waals surface area contributed by atoms with Crippen LogP contribution in [-0.4, -0.2) is 47.6 Å². The van der Waals surface area contributed by atoms with E-state index in [2.05, 4.69) is 32.4 Å². The maximum Gasteiger partial charge on any atom is 0.146 e. The highest BCUT2D eigenvalue weighted by molar-refractivity contribution is 5.41. The zero-order valence-corrected chi connectivity index (χ0v) is 11.9. The average molecular weight is 263 g/mol. The fourth-order valence-electron chi connectivity index (χ4n) is 2.31. The Balaban J connectivity index is 1.66. The molecule has 0 amide bonds. The molecule has 1 aromatic rings. The molecule has 19 heavy (non-hydrogen) atoms. The Morgan fingerprint density at radius 2 is 1.79 bits per heavy atom. The summed E-state index contributed by atoms with van der Waals surface area (Å²) in [6.07, 6.45) is 8.54. The summed E-state index contributed by atoms with van der Waals surface area (Å²) < 4.78 is 0. The van der Waals surface area contributed by atoms with Crippen molar-refractivity contribution in [2.75, 3.05) is 43.4 Å². The predicted molar refractivity (Wildman–Crippen MR) is 79.6 cm³/mol. The van der Waals surface area contributed by atoms with Gasteiger partial charge in [0, 0.05) is 13.1 Å². The summed E-state index contributed by atoms with van der Waals surface area (Å²) in [4.78, 5) is 11.2. The van der Waals surface area contributed by atoms with Crippen molar-refractivity contribution in [3.8, 4) is 0 Å². The molecule has 0 aromatic carbocycles. The molecule has 0 atom stereocenters. The van der Waals surface area contributed by atoms with E-state index in [1.165, 1.54) is 32.5 Å². The first kappa shape index (κ1) is 14.1. The monoisotopic (exact) mass is 263 g/mol. The molecule has 2 rings (SSSR count). The van der Waals surface area contributed by atoms with Gasteiger partial charge in [0.15, 0.2) is 0 Å². The minimum Gasteiger partial charge on any atom is -0.369 e. The summed E-state index contributed by atoms with van der Waals surface area (Å²) in [7, 11) is 0. The number of nitrogens with zero attached hydrogens (tertiary/aromatic N) is 3. The quantitative estimate of drug-likeness (QED) is 0.704. The van der Waals surface area contributed by atoms with Crippen molar-refractivity contribution in [1.29, 1.82) is 0 Å². The Morgan fingerprint density at radius 1 is 1.11 bits per heavy atom. The van der Waals surface area contributed by atoms with Gasteiger partial charge in [0.05, 0.1) is 12.4 Å². The molecule has 0 radical (unpaired) electrons. The highest BCUT2D eigenvalue weighted by Crippen LogP contribution is 2.09. The summed E-state index contributed by atoms with van der Waals surface area (Å²) >= 11 is 0. The second kappa shape index (κ2) is 7.94. The van der Waals surface area contributed by atoms with Crippen LogP contribution < -0.4 is 10.6 Å². The van der Waals surface area contributed by atoms with Crippen LogP contribution in [0.5, 0.6) is 0 Å². The van der Waals surface area contributed by atoms with E-state index in [-0.39, 0.29) is 0 Å². The van der Waals surface area contributed by atoms with Crippen LogP contribution >= 0.6 is 0 Å². The second-order valence-electron chi connectivity index (χ2n) is 5.05. The fourth-order valence-corrected chi connectivity index (χ4v) is 2.31. The van der Waals surface area contributed by atoms with E-state index in [9.17, 15) is 0 Å². The molecular formula is C14H25N5. The molecule has 5 nitrogen and oxygen atoms in total. The number of likely N-dealkylation sites (tertiary alicyclic amines) is 1. The standard InChI is InChI=1S/C14H25N5/c1-2-6-16-13-11-15-12-14(18-13)17-7-5-10-19-8-3-4-9-19/h11-12H,2-10H2,1H3,(H2,16,17,18). The molecule has 1 fully saturated rings. The average Bonchev–Trinajstić information content (AvgIpc) is 2.95. The Kier molecular flexibility index (Phi) is 5.88. The predicted octanol–water partition coefficient (Wildman–Crippen LogP) is 2.20. The minimum atomic E-state index is 0.853. The van der Waals surface area contributed by atoms with Crippen LogP contribution in [0.15, 0.2) is 12.4 Å². The molecule has 0 spiro atoms. The topological polar surface area (TPSA) is 53.1 Å². The van der Waals surface area contributed by atoms with Crippen LogP contribution in [0.3, 0.4) is 0 Å². The molecule has 1 saturated heterocycles. The van der Waals surface area contributed by atoms with E-state index < -0.39 is 0 Å². The first-order valence-corrected chi connectivity index (χ1v) is 7.40. The van der Waals surface area contributed by atoms with Crippen LogP contribution in [0.2, 0.25) is 0 Å². The number of rotatable bonds is 8. The van der Waals surface area contributed by atoms with Gasteiger partial charge in [0.2, 0.25) is 0 Å². The zero-order valence-electron chi connectivity index (χ0n) is 11.9. The minimum absolute atomic E-state index is 0.853. The van der Waals surface area contributed by atoms with Gasteiger partial charge in [-0.1, -0.05) is 6.92 Å². The van der Waals surface area contributed by atoms with Gasteiger partial charge in [-0.2, -0.15) is 0 Å². The van der Waals surface area contributed by atoms with E-state index in [1.807, 2.05) is 0 Å². The molecule has 1 aliphatic heterocycles. The van der Waals surface area contributed by atoms with Crippen molar-refractivity contribution >= 4 is 11.6 Å². The maximum absolute atomic E-state index is 4.48. The SMILES string of the molecule is CCCNc1cncc(NCCCN2CCCC2)n1. The summed E-state index contributed by atoms with van der Waals surface area (Å²) in [5, 5.41) is 6.59. The summed E-state index contributed by atoms with van der Waals surface area (Å²) in [5.74, 6) is 1.72. The lowest BCUT2D eigenvalue weighted by molar-refractivity contribution is 0.337. The van der Waals surface area contributed by atoms with Crippen LogP contribution in [0.25, 0.3) is 0 Å². The maximum atomic E-state index is 4.48. The number of nitrogens with one attached hydrogen (secondary N) is 2. The number of hydrogen-bond donors (Lipinski definition) is 2. The van der Waals surface area contributed by atoms with Crippen molar-refractivity contribution in [2.24, 2.45) is 0 Å². The Bertz CT molecular complexity index is 363. The molecule has 1 aromatic heterocycles. The van der Waals surface area contributed by atoms with Gasteiger partial charge in [0.25, 0.3) is 0 Å². The molecule has 2 heterocycles. The Hall–Kier alpha value is -1.36. The van der Waals surface area contributed by atoms with E-state index in [4.69, 9.17) is 0 Å². The first-order chi connectivity index (χ1) is 9.38. The fraction of sp³-hybridized carbons (Fsp3) is 0.714. The van der Waals surface area contributed by atoms with Crippen molar-refractivity contribution in [3.63, 3.8) is 0 Å². The van der Waals surface area contributed by atoms with Gasteiger partial charge in [-0.15, -0.1) is 0 Å². The van der Waals surface area contributed by atoms with Crippen LogP contribution in [0, 0.1) is 0 Å². The lowest BCUT2D eigenvalue weighted by Gasteiger charge is -2.14. The van der Waals surface area contributed by atoms with Crippen molar-refractivity contribution in [2.45, 2.75) is 32.6 Å². The van der Waals surface area contributed by atoms with E-state index >= 15 is 0 Å². The summed E-state index contributed by atoms with van der Waals surface area (Å²) in [6, 6.07) is 0. The van der Waals surface area contributed by atoms with E-state index in [0.717, 1.165) is 37.6 Å². The third kappa shape index (κ3) is 5.03. The van der Waals surface area contributed by atoms with E-state index in [0.29, 0.717) is 0 Å². The molecule has 106 valence electrons. The van der Waals surface area contributed by atoms with Crippen molar-refractivity contribution < 1.29 is 0 Å². The largest absolute Gasteiger partial charge is 0.369 e. The Labute approximate surface area is 115 Å². The molecule has 0 aliphatic carbocycles. The van der Waals surface area contributed by atoms with Crippen LogP contribution in [0.1, 0.15) is 32.6 Å². The molecular weight excluding hydrogens is 238 g/mol. The highest BCUT2D eigenvalue weighted by Gasteiger charge is 2.10. The molecule has 0 unspecified atom stereocenters. The highest BCUT2D eigenvalue weighted by atomic mass is 15.1. The van der Waals surface area contributed by atoms with Gasteiger partial charge in [0.1, 0.15) is 11.6 Å². The number of hydrogen-bond acceptors (Lipinski definition) is 5. The second-order valence-corrected chi connectivity index (χ2v) is 5.05. The first-order valence-electron chi connectivity index (χ1n) is 7.40. The van der Waals surface area contributed by atoms with Crippen LogP contribution in [-0.2, 0) is 0 Å². The molecule has 1 aliphatic rings. The van der Waals surface area contributed by atoms with E-state index in [1.54, 1.807) is 12.4 Å². The summed E-state index contributed by atoms with van der Waals surface area (Å²) in [6.45, 7) is 7.77.